The van der Waals surface area contributed by atoms with Crippen LogP contribution in [0.15, 0.2) is 0 Å². The van der Waals surface area contributed by atoms with E-state index in [2.05, 4.69) is 0 Å². The zero-order chi connectivity index (χ0) is 15.6. The molecule has 1 amide bonds. The van der Waals surface area contributed by atoms with Crippen molar-refractivity contribution in [1.29, 1.82) is 0 Å². The monoisotopic (exact) mass is 296 g/mol. The van der Waals surface area contributed by atoms with Gasteiger partial charge in [-0.3, -0.25) is 9.59 Å². The van der Waals surface area contributed by atoms with E-state index in [4.69, 9.17) is 5.73 Å². The number of aliphatic carboxylic acids is 1. The number of carboxylic acids is 1. The van der Waals surface area contributed by atoms with E-state index in [1.54, 1.807) is 4.90 Å². The van der Waals surface area contributed by atoms with Gasteiger partial charge < -0.3 is 15.7 Å². The molecule has 2 fully saturated rings. The number of likely N-dealkylation sites (tertiary alicyclic amines) is 1. The number of amides is 1. The van der Waals surface area contributed by atoms with Crippen molar-refractivity contribution in [3.8, 4) is 0 Å². The Bertz CT molecular complexity index is 402. The lowest BCUT2D eigenvalue weighted by Gasteiger charge is -2.32. The molecule has 1 atom stereocenters. The Morgan fingerprint density at radius 3 is 2.33 bits per heavy atom. The van der Waals surface area contributed by atoms with E-state index in [1.165, 1.54) is 0 Å². The zero-order valence-corrected chi connectivity index (χ0v) is 13.2. The summed E-state index contributed by atoms with van der Waals surface area (Å²) in [5.41, 5.74) is 4.93. The third kappa shape index (κ3) is 3.07. The van der Waals surface area contributed by atoms with E-state index in [0.717, 1.165) is 25.7 Å². The summed E-state index contributed by atoms with van der Waals surface area (Å²) in [6, 6.07) is 0. The summed E-state index contributed by atoms with van der Waals surface area (Å²) in [4.78, 5) is 26.1. The highest BCUT2D eigenvalue weighted by Crippen LogP contribution is 2.40. The summed E-state index contributed by atoms with van der Waals surface area (Å²) in [5, 5.41) is 9.56. The number of rotatable bonds is 4. The van der Waals surface area contributed by atoms with Gasteiger partial charge in [0.05, 0.1) is 5.41 Å². The molecule has 0 aromatic rings. The quantitative estimate of drug-likeness (QED) is 0.827. The number of carbonyl (C=O) groups is 2. The first-order chi connectivity index (χ1) is 9.90. The minimum absolute atomic E-state index is 0.0424. The molecule has 1 saturated carbocycles. The fourth-order valence-electron chi connectivity index (χ4n) is 3.82. The molecule has 0 aromatic carbocycles. The van der Waals surface area contributed by atoms with Crippen LogP contribution in [0, 0.1) is 23.2 Å². The van der Waals surface area contributed by atoms with Gasteiger partial charge in [-0.25, -0.2) is 0 Å². The maximum atomic E-state index is 12.6. The SMILES string of the molecule is CC(C)C1(C(=O)O)CCN(C(=O)C2CCC(CN)CC2)C1. The lowest BCUT2D eigenvalue weighted by Crippen LogP contribution is -2.42. The van der Waals surface area contributed by atoms with Gasteiger partial charge in [0.15, 0.2) is 0 Å². The summed E-state index contributed by atoms with van der Waals surface area (Å²) in [5.74, 6) is 0.0700. The van der Waals surface area contributed by atoms with Crippen molar-refractivity contribution in [1.82, 2.24) is 4.90 Å². The van der Waals surface area contributed by atoms with Crippen molar-refractivity contribution in [2.45, 2.75) is 46.0 Å². The number of nitrogens with zero attached hydrogens (tertiary/aromatic N) is 1. The van der Waals surface area contributed by atoms with Crippen LogP contribution in [0.2, 0.25) is 0 Å². The van der Waals surface area contributed by atoms with E-state index < -0.39 is 11.4 Å². The lowest BCUT2D eigenvalue weighted by molar-refractivity contribution is -0.151. The lowest BCUT2D eigenvalue weighted by atomic mass is 9.76. The van der Waals surface area contributed by atoms with Gasteiger partial charge in [-0.05, 0) is 50.5 Å². The molecule has 2 rings (SSSR count). The summed E-state index contributed by atoms with van der Waals surface area (Å²) in [7, 11) is 0. The van der Waals surface area contributed by atoms with Gasteiger partial charge in [-0.1, -0.05) is 13.8 Å². The predicted molar refractivity (Wildman–Crippen MR) is 80.6 cm³/mol. The van der Waals surface area contributed by atoms with Crippen LogP contribution in [-0.4, -0.2) is 41.5 Å². The summed E-state index contributed by atoms with van der Waals surface area (Å²) in [6.07, 6.45) is 4.42. The molecule has 3 N–H and O–H groups in total. The van der Waals surface area contributed by atoms with Gasteiger partial charge in [0.1, 0.15) is 0 Å². The van der Waals surface area contributed by atoms with E-state index in [-0.39, 0.29) is 17.7 Å². The third-order valence-corrected chi connectivity index (χ3v) is 5.67. The van der Waals surface area contributed by atoms with Crippen molar-refractivity contribution in [3.05, 3.63) is 0 Å². The molecule has 1 unspecified atom stereocenters. The maximum absolute atomic E-state index is 12.6. The Morgan fingerprint density at radius 1 is 1.29 bits per heavy atom. The Morgan fingerprint density at radius 2 is 1.90 bits per heavy atom. The van der Waals surface area contributed by atoms with E-state index >= 15 is 0 Å². The first-order valence-electron chi connectivity index (χ1n) is 8.13. The molecular weight excluding hydrogens is 268 g/mol. The molecule has 5 nitrogen and oxygen atoms in total. The molecule has 0 aromatic heterocycles. The average molecular weight is 296 g/mol. The minimum Gasteiger partial charge on any atom is -0.481 e. The van der Waals surface area contributed by atoms with Crippen LogP contribution in [-0.2, 0) is 9.59 Å². The van der Waals surface area contributed by atoms with Crippen molar-refractivity contribution in [2.75, 3.05) is 19.6 Å². The number of hydrogen-bond acceptors (Lipinski definition) is 3. The van der Waals surface area contributed by atoms with E-state index in [9.17, 15) is 14.7 Å². The van der Waals surface area contributed by atoms with Crippen molar-refractivity contribution < 1.29 is 14.7 Å². The first-order valence-corrected chi connectivity index (χ1v) is 8.13. The molecule has 0 spiro atoms. The Labute approximate surface area is 126 Å². The van der Waals surface area contributed by atoms with Gasteiger partial charge in [0, 0.05) is 19.0 Å². The largest absolute Gasteiger partial charge is 0.481 e. The molecule has 5 heteroatoms. The van der Waals surface area contributed by atoms with E-state index in [0.29, 0.717) is 32.0 Å². The van der Waals surface area contributed by atoms with Crippen LogP contribution in [0.4, 0.5) is 0 Å². The van der Waals surface area contributed by atoms with Gasteiger partial charge >= 0.3 is 5.97 Å². The van der Waals surface area contributed by atoms with Crippen molar-refractivity contribution in [2.24, 2.45) is 28.9 Å². The molecule has 0 bridgehead atoms. The van der Waals surface area contributed by atoms with Gasteiger partial charge in [-0.15, -0.1) is 0 Å². The summed E-state index contributed by atoms with van der Waals surface area (Å²) in [6.45, 7) is 5.54. The number of carbonyl (C=O) groups excluding carboxylic acids is 1. The maximum Gasteiger partial charge on any atom is 0.311 e. The molecule has 21 heavy (non-hydrogen) atoms. The molecular formula is C16H28N2O3. The molecule has 1 aliphatic heterocycles. The highest BCUT2D eigenvalue weighted by Gasteiger charge is 2.49. The highest BCUT2D eigenvalue weighted by atomic mass is 16.4. The molecule has 2 aliphatic rings. The first kappa shape index (κ1) is 16.3. The van der Waals surface area contributed by atoms with E-state index in [1.807, 2.05) is 13.8 Å². The van der Waals surface area contributed by atoms with Crippen molar-refractivity contribution >= 4 is 11.9 Å². The number of carboxylic acid groups (broad SMARTS) is 1. The molecule has 1 saturated heterocycles. The second kappa shape index (κ2) is 6.34. The van der Waals surface area contributed by atoms with Gasteiger partial charge in [0.25, 0.3) is 0 Å². The fourth-order valence-corrected chi connectivity index (χ4v) is 3.82. The highest BCUT2D eigenvalue weighted by molar-refractivity contribution is 5.82. The average Bonchev–Trinajstić information content (AvgIpc) is 2.93. The van der Waals surface area contributed by atoms with Gasteiger partial charge in [0.2, 0.25) is 5.91 Å². The fraction of sp³-hybridized carbons (Fsp3) is 0.875. The Kier molecular flexibility index (Phi) is 4.91. The molecule has 1 heterocycles. The number of hydrogen-bond donors (Lipinski definition) is 2. The predicted octanol–water partition coefficient (Wildman–Crippen LogP) is 1.71. The van der Waals surface area contributed by atoms with Crippen LogP contribution in [0.5, 0.6) is 0 Å². The molecule has 0 radical (unpaired) electrons. The molecule has 120 valence electrons. The second-order valence-electron chi connectivity index (χ2n) is 7.08. The van der Waals surface area contributed by atoms with Crippen LogP contribution >= 0.6 is 0 Å². The zero-order valence-electron chi connectivity index (χ0n) is 13.2. The molecule has 1 aliphatic carbocycles. The summed E-state index contributed by atoms with van der Waals surface area (Å²) < 4.78 is 0. The Hall–Kier alpha value is -1.10. The minimum atomic E-state index is -0.764. The smallest absolute Gasteiger partial charge is 0.311 e. The van der Waals surface area contributed by atoms with Crippen LogP contribution in [0.1, 0.15) is 46.0 Å². The number of nitrogens with two attached hydrogens (primary N) is 1. The third-order valence-electron chi connectivity index (χ3n) is 5.67. The normalized spacial score (nSPS) is 33.4. The van der Waals surface area contributed by atoms with Crippen molar-refractivity contribution in [3.63, 3.8) is 0 Å². The standard InChI is InChI=1S/C16H28N2O3/c1-11(2)16(15(20)21)7-8-18(10-16)14(19)13-5-3-12(9-17)4-6-13/h11-13H,3-10,17H2,1-2H3,(H,20,21). The van der Waals surface area contributed by atoms with Gasteiger partial charge in [-0.2, -0.15) is 0 Å². The summed E-state index contributed by atoms with van der Waals surface area (Å²) >= 11 is 0. The second-order valence-corrected chi connectivity index (χ2v) is 7.08. The van der Waals surface area contributed by atoms with Crippen LogP contribution < -0.4 is 5.73 Å². The Balaban J connectivity index is 1.98. The topological polar surface area (TPSA) is 83.6 Å². The van der Waals surface area contributed by atoms with Crippen LogP contribution in [0.25, 0.3) is 0 Å². The van der Waals surface area contributed by atoms with Crippen LogP contribution in [0.3, 0.4) is 0 Å².